The third kappa shape index (κ3) is 12.2. The summed E-state index contributed by atoms with van der Waals surface area (Å²) in [6.07, 6.45) is 2.13. The summed E-state index contributed by atoms with van der Waals surface area (Å²) in [5, 5.41) is 4.01. The van der Waals surface area contributed by atoms with Gasteiger partial charge in [0.1, 0.15) is 48.0 Å². The number of nitrogens with zero attached hydrogens (tertiary/aromatic N) is 4. The van der Waals surface area contributed by atoms with Crippen molar-refractivity contribution >= 4 is 23.0 Å². The molecule has 1 N–H and O–H groups in total. The molecule has 3 heterocycles. The zero-order valence-corrected chi connectivity index (χ0v) is 54.3. The predicted molar refractivity (Wildman–Crippen MR) is 384 cm³/mol. The van der Waals surface area contributed by atoms with E-state index in [0.29, 0.717) is 42.9 Å². The Morgan fingerprint density at radius 1 is 0.429 bits per heavy atom. The molecule has 0 saturated carbocycles. The van der Waals surface area contributed by atoms with Gasteiger partial charge >= 0.3 is 5.97 Å². The zero-order valence-electron chi connectivity index (χ0n) is 54.3. The van der Waals surface area contributed by atoms with E-state index in [1.165, 1.54) is 22.3 Å². The molecule has 1 fully saturated rings. The van der Waals surface area contributed by atoms with Gasteiger partial charge < -0.3 is 29.0 Å². The molecule has 0 radical (unpaired) electrons. The second-order valence-electron chi connectivity index (χ2n) is 25.1. The summed E-state index contributed by atoms with van der Waals surface area (Å²) < 4.78 is 39.4. The Morgan fingerprint density at radius 2 is 0.837 bits per heavy atom. The number of anilines is 1. The van der Waals surface area contributed by atoms with Crippen LogP contribution in [0.2, 0.25) is 0 Å². The topological polar surface area (TPSA) is 119 Å². The molecule has 15 rings (SSSR count). The van der Waals surface area contributed by atoms with Crippen molar-refractivity contribution in [2.75, 3.05) is 25.1 Å². The number of benzene rings is 11. The highest BCUT2D eigenvalue weighted by Crippen LogP contribution is 2.50. The summed E-state index contributed by atoms with van der Waals surface area (Å²) in [6.45, 7) is 0.629. The first-order chi connectivity index (χ1) is 48.5. The van der Waals surface area contributed by atoms with Crippen molar-refractivity contribution in [1.82, 2.24) is 19.5 Å². The summed E-state index contributed by atoms with van der Waals surface area (Å²) in [5.74, 6) is 0.276. The molecule has 13 aromatic rings. The number of carbonyl (C=O) groups is 1. The fourth-order valence-electron chi connectivity index (χ4n) is 14.8. The SMILES string of the molecule is O=C(CCCCCO[C@H]1[C@@H](OC(c2ccccc2)(c2ccccc2)c2ccccc2)[C@H](n2cnc3c(NC(c4ccccc4)(c4ccccc4)c4ccccc4)ncnc32)O[C@@H]1COC(c1ccccc1)(c1ccccc1)c1ccccc1)OCC1c2ccccc2-c2ccccc21. The van der Waals surface area contributed by atoms with E-state index >= 15 is 0 Å². The lowest BCUT2D eigenvalue weighted by Gasteiger charge is -2.40. The number of hydrogen-bond acceptors (Lipinski definition) is 10. The van der Waals surface area contributed by atoms with Gasteiger partial charge in [0.05, 0.1) is 12.9 Å². The lowest BCUT2D eigenvalue weighted by molar-refractivity contribution is -0.144. The smallest absolute Gasteiger partial charge is 0.305 e. The maximum atomic E-state index is 13.7. The Bertz CT molecular complexity index is 4390. The van der Waals surface area contributed by atoms with E-state index in [1.807, 2.05) is 59.2 Å². The second kappa shape index (κ2) is 28.8. The molecule has 11 aromatic carbocycles. The van der Waals surface area contributed by atoms with Crippen LogP contribution in [0.25, 0.3) is 22.3 Å². The number of rotatable bonds is 26. The Hall–Kier alpha value is -10.9. The molecule has 484 valence electrons. The average Bonchev–Trinajstić information content (AvgIpc) is 1.37. The number of unbranched alkanes of at least 4 members (excludes halogenated alkanes) is 2. The number of aromatic nitrogens is 4. The van der Waals surface area contributed by atoms with Crippen LogP contribution in [0.3, 0.4) is 0 Å². The summed E-state index contributed by atoms with van der Waals surface area (Å²) >= 11 is 0. The van der Waals surface area contributed by atoms with Crippen LogP contribution in [-0.4, -0.2) is 63.6 Å². The van der Waals surface area contributed by atoms with Crippen molar-refractivity contribution < 1.29 is 28.5 Å². The first-order valence-electron chi connectivity index (χ1n) is 33.9. The Kier molecular flexibility index (Phi) is 18.6. The van der Waals surface area contributed by atoms with Crippen LogP contribution in [0, 0.1) is 0 Å². The van der Waals surface area contributed by atoms with Gasteiger partial charge in [-0.05, 0) is 85.2 Å². The quantitative estimate of drug-likeness (QED) is 0.0319. The van der Waals surface area contributed by atoms with E-state index in [9.17, 15) is 4.79 Å². The van der Waals surface area contributed by atoms with Gasteiger partial charge in [-0.2, -0.15) is 0 Å². The summed E-state index contributed by atoms with van der Waals surface area (Å²) in [5.41, 5.74) is 11.1. The number of carbonyl (C=O) groups excluding carboxylic acids is 1. The normalized spacial score (nSPS) is 16.1. The molecule has 4 atom stereocenters. The average molecular weight is 1290 g/mol. The molecule has 0 amide bonds. The summed E-state index contributed by atoms with van der Waals surface area (Å²) in [6, 6.07) is 111. The molecular weight excluding hydrogens is 1210 g/mol. The van der Waals surface area contributed by atoms with Crippen molar-refractivity contribution in [3.8, 4) is 11.1 Å². The highest BCUT2D eigenvalue weighted by molar-refractivity contribution is 5.84. The lowest BCUT2D eigenvalue weighted by Crippen LogP contribution is -2.46. The highest BCUT2D eigenvalue weighted by atomic mass is 16.6. The molecule has 2 aliphatic rings. The van der Waals surface area contributed by atoms with Crippen LogP contribution in [0.1, 0.15) is 99.0 Å². The second-order valence-corrected chi connectivity index (χ2v) is 25.1. The van der Waals surface area contributed by atoms with E-state index in [1.54, 1.807) is 12.7 Å². The van der Waals surface area contributed by atoms with Gasteiger partial charge in [0.2, 0.25) is 0 Å². The van der Waals surface area contributed by atoms with Crippen LogP contribution >= 0.6 is 0 Å². The predicted octanol–water partition coefficient (Wildman–Crippen LogP) is 17.8. The molecule has 2 aromatic heterocycles. The number of fused-ring (bicyclic) bond motifs is 4. The largest absolute Gasteiger partial charge is 0.465 e. The Morgan fingerprint density at radius 3 is 1.29 bits per heavy atom. The van der Waals surface area contributed by atoms with E-state index in [4.69, 9.17) is 38.6 Å². The molecule has 0 spiro atoms. The molecule has 1 aliphatic heterocycles. The first-order valence-corrected chi connectivity index (χ1v) is 33.9. The van der Waals surface area contributed by atoms with Crippen LogP contribution in [0.4, 0.5) is 5.82 Å². The van der Waals surface area contributed by atoms with Gasteiger partial charge in [0, 0.05) is 18.9 Å². The fraction of sp³-hybridized carbons (Fsp3) is 0.172. The lowest BCUT2D eigenvalue weighted by atomic mass is 9.77. The molecule has 1 aliphatic carbocycles. The van der Waals surface area contributed by atoms with E-state index in [-0.39, 0.29) is 31.5 Å². The van der Waals surface area contributed by atoms with Gasteiger partial charge in [-0.15, -0.1) is 0 Å². The minimum absolute atomic E-state index is 0.0168. The molecular formula is C87H75N5O6. The number of imidazole rings is 1. The summed E-state index contributed by atoms with van der Waals surface area (Å²) in [4.78, 5) is 29.2. The molecule has 11 nitrogen and oxygen atoms in total. The third-order valence-electron chi connectivity index (χ3n) is 19.4. The maximum absolute atomic E-state index is 13.7. The molecule has 0 unspecified atom stereocenters. The van der Waals surface area contributed by atoms with E-state index in [0.717, 1.165) is 50.1 Å². The Balaban J connectivity index is 0.832. The minimum atomic E-state index is -1.25. The molecule has 11 heteroatoms. The minimum Gasteiger partial charge on any atom is -0.465 e. The number of esters is 1. The van der Waals surface area contributed by atoms with E-state index < -0.39 is 41.3 Å². The standard InChI is InChI=1S/C87H75N5O6/c93-78(95-59-76-74-55-32-30-53-72(74)73-54-31-33-56-75(73)76)57-29-10-34-58-94-80-77(60-96-86(66-41-17-4-18-42-66,67-43-19-5-20-44-67)68-45-21-6-22-46-68)97-84(81(80)98-87(69-47-23-7-24-48-69,70-49-25-8-26-50-70)71-51-27-9-28-52-71)92-62-90-79-82(88-61-89-83(79)92)91-85(63-35-11-1-12-36-63,64-37-13-2-14-38-64)65-39-15-3-16-40-65/h1-9,11-28,30-33,35-56,61-62,76-77,80-81,84H,10,29,34,57-60H2,(H,88,89,91)/t77-,80-,81-,84-/m1/s1. The van der Waals surface area contributed by atoms with Gasteiger partial charge in [-0.3, -0.25) is 9.36 Å². The third-order valence-corrected chi connectivity index (χ3v) is 19.4. The van der Waals surface area contributed by atoms with Crippen molar-refractivity contribution in [1.29, 1.82) is 0 Å². The van der Waals surface area contributed by atoms with E-state index in [2.05, 4.69) is 272 Å². The van der Waals surface area contributed by atoms with Crippen molar-refractivity contribution in [3.05, 3.63) is 395 Å². The van der Waals surface area contributed by atoms with Gasteiger partial charge in [0.25, 0.3) is 0 Å². The fourth-order valence-corrected chi connectivity index (χ4v) is 14.8. The number of ether oxygens (including phenoxy) is 5. The number of hydrogen-bond donors (Lipinski definition) is 1. The van der Waals surface area contributed by atoms with Crippen molar-refractivity contribution in [3.63, 3.8) is 0 Å². The van der Waals surface area contributed by atoms with Crippen LogP contribution in [0.15, 0.2) is 334 Å². The molecule has 98 heavy (non-hydrogen) atoms. The van der Waals surface area contributed by atoms with Crippen molar-refractivity contribution in [2.24, 2.45) is 0 Å². The van der Waals surface area contributed by atoms with Gasteiger partial charge in [0.15, 0.2) is 23.2 Å². The van der Waals surface area contributed by atoms with Gasteiger partial charge in [-0.1, -0.05) is 328 Å². The first kappa shape index (κ1) is 63.2. The van der Waals surface area contributed by atoms with Crippen LogP contribution < -0.4 is 5.32 Å². The van der Waals surface area contributed by atoms with Crippen molar-refractivity contribution in [2.45, 2.75) is 72.9 Å². The molecule has 1 saturated heterocycles. The van der Waals surface area contributed by atoms with Crippen LogP contribution in [0.5, 0.6) is 0 Å². The van der Waals surface area contributed by atoms with Gasteiger partial charge in [-0.25, -0.2) is 15.0 Å². The highest BCUT2D eigenvalue weighted by Gasteiger charge is 2.54. The Labute approximate surface area is 572 Å². The monoisotopic (exact) mass is 1290 g/mol. The van der Waals surface area contributed by atoms with Crippen LogP contribution in [-0.2, 0) is 45.2 Å². The maximum Gasteiger partial charge on any atom is 0.305 e. The zero-order chi connectivity index (χ0) is 66.0. The summed E-state index contributed by atoms with van der Waals surface area (Å²) in [7, 11) is 0. The molecule has 0 bridgehead atoms. The number of nitrogens with one attached hydrogen (secondary N) is 1.